The molecule has 0 aromatic heterocycles. The number of carbonyl (C=O) groups excluding carboxylic acids is 1. The quantitative estimate of drug-likeness (QED) is 0.682. The molecule has 0 N–H and O–H groups in total. The Bertz CT molecular complexity index is 520. The van der Waals surface area contributed by atoms with Crippen molar-refractivity contribution in [2.75, 3.05) is 5.75 Å². The van der Waals surface area contributed by atoms with E-state index in [1.165, 1.54) is 6.07 Å². The van der Waals surface area contributed by atoms with Crippen LogP contribution in [-0.4, -0.2) is 20.5 Å². The third kappa shape index (κ3) is 1.67. The van der Waals surface area contributed by atoms with Gasteiger partial charge >= 0.3 is 0 Å². The molecule has 2 rings (SSSR count). The molecule has 0 bridgehead atoms. The van der Waals surface area contributed by atoms with Gasteiger partial charge in [-0.3, -0.25) is 4.79 Å². The van der Waals surface area contributed by atoms with Gasteiger partial charge in [-0.25, -0.2) is 12.8 Å². The van der Waals surface area contributed by atoms with Crippen LogP contribution in [0, 0.1) is 5.82 Å². The molecule has 1 aliphatic rings. The highest BCUT2D eigenvalue weighted by Gasteiger charge is 2.27. The lowest BCUT2D eigenvalue weighted by Gasteiger charge is -2.16. The average molecular weight is 228 g/mol. The van der Waals surface area contributed by atoms with Crippen molar-refractivity contribution in [1.29, 1.82) is 0 Å². The van der Waals surface area contributed by atoms with Crippen LogP contribution in [-0.2, 0) is 16.3 Å². The molecule has 15 heavy (non-hydrogen) atoms. The standard InChI is InChI=1S/C10H9FO3S/c11-9-5-7(6-12)4-8-2-1-3-15(13,14)10(8)9/h4-6H,1-3H2. The van der Waals surface area contributed by atoms with Crippen molar-refractivity contribution in [3.8, 4) is 0 Å². The summed E-state index contributed by atoms with van der Waals surface area (Å²) in [5.41, 5.74) is 0.603. The van der Waals surface area contributed by atoms with E-state index < -0.39 is 15.7 Å². The van der Waals surface area contributed by atoms with E-state index in [9.17, 15) is 17.6 Å². The van der Waals surface area contributed by atoms with Crippen LogP contribution in [0.3, 0.4) is 0 Å². The first-order valence-electron chi connectivity index (χ1n) is 4.55. The maximum absolute atomic E-state index is 13.5. The van der Waals surface area contributed by atoms with Crippen molar-refractivity contribution in [3.63, 3.8) is 0 Å². The minimum Gasteiger partial charge on any atom is -0.298 e. The van der Waals surface area contributed by atoms with E-state index in [2.05, 4.69) is 0 Å². The van der Waals surface area contributed by atoms with Gasteiger partial charge in [-0.15, -0.1) is 0 Å². The van der Waals surface area contributed by atoms with Gasteiger partial charge in [0.15, 0.2) is 9.84 Å². The number of halogens is 1. The van der Waals surface area contributed by atoms with Gasteiger partial charge < -0.3 is 0 Å². The molecule has 0 aliphatic carbocycles. The Morgan fingerprint density at radius 1 is 1.33 bits per heavy atom. The number of aldehydes is 1. The van der Waals surface area contributed by atoms with E-state index >= 15 is 0 Å². The zero-order chi connectivity index (χ0) is 11.1. The minimum absolute atomic E-state index is 0.0165. The first kappa shape index (κ1) is 10.3. The second-order valence-corrected chi connectivity index (χ2v) is 5.58. The molecular formula is C10H9FO3S. The Morgan fingerprint density at radius 3 is 2.73 bits per heavy atom. The van der Waals surface area contributed by atoms with Gasteiger partial charge in [0, 0.05) is 5.56 Å². The third-order valence-electron chi connectivity index (χ3n) is 2.45. The lowest BCUT2D eigenvalue weighted by Crippen LogP contribution is -2.18. The summed E-state index contributed by atoms with van der Waals surface area (Å²) in [5.74, 6) is -0.827. The number of carbonyl (C=O) groups is 1. The van der Waals surface area contributed by atoms with Crippen molar-refractivity contribution < 1.29 is 17.6 Å². The van der Waals surface area contributed by atoms with Crippen LogP contribution in [0.1, 0.15) is 22.3 Å². The fourth-order valence-electron chi connectivity index (χ4n) is 1.83. The van der Waals surface area contributed by atoms with Gasteiger partial charge in [0.05, 0.1) is 5.75 Å². The molecule has 1 aromatic carbocycles. The van der Waals surface area contributed by atoms with Crippen LogP contribution in [0.25, 0.3) is 0 Å². The van der Waals surface area contributed by atoms with Gasteiger partial charge in [-0.05, 0) is 30.5 Å². The monoisotopic (exact) mass is 228 g/mol. The molecule has 5 heteroatoms. The number of sulfone groups is 1. The molecule has 3 nitrogen and oxygen atoms in total. The second kappa shape index (κ2) is 3.41. The first-order valence-corrected chi connectivity index (χ1v) is 6.20. The predicted octanol–water partition coefficient (Wildman–Crippen LogP) is 1.36. The number of benzene rings is 1. The summed E-state index contributed by atoms with van der Waals surface area (Å²) >= 11 is 0. The topological polar surface area (TPSA) is 51.2 Å². The largest absolute Gasteiger partial charge is 0.298 e. The average Bonchev–Trinajstić information content (AvgIpc) is 2.15. The SMILES string of the molecule is O=Cc1cc(F)c2c(c1)CCCS2(=O)=O. The molecular weight excluding hydrogens is 219 g/mol. The van der Waals surface area contributed by atoms with E-state index in [1.54, 1.807) is 0 Å². The first-order chi connectivity index (χ1) is 7.04. The molecule has 0 radical (unpaired) electrons. The molecule has 0 fully saturated rings. The summed E-state index contributed by atoms with van der Waals surface area (Å²) in [6.07, 6.45) is 1.51. The lowest BCUT2D eigenvalue weighted by atomic mass is 10.1. The van der Waals surface area contributed by atoms with E-state index in [4.69, 9.17) is 0 Å². The minimum atomic E-state index is -3.49. The summed E-state index contributed by atoms with van der Waals surface area (Å²) in [4.78, 5) is 10.3. The molecule has 0 unspecified atom stereocenters. The second-order valence-electron chi connectivity index (χ2n) is 3.53. The fourth-order valence-corrected chi connectivity index (χ4v) is 3.48. The number of hydrogen-bond acceptors (Lipinski definition) is 3. The fraction of sp³-hybridized carbons (Fsp3) is 0.300. The predicted molar refractivity (Wildman–Crippen MR) is 52.2 cm³/mol. The highest BCUT2D eigenvalue weighted by Crippen LogP contribution is 2.28. The Balaban J connectivity index is 2.74. The summed E-state index contributed by atoms with van der Waals surface area (Å²) in [7, 11) is -3.49. The van der Waals surface area contributed by atoms with E-state index in [1.807, 2.05) is 0 Å². The summed E-state index contributed by atoms with van der Waals surface area (Å²) < 4.78 is 36.6. The lowest BCUT2D eigenvalue weighted by molar-refractivity contribution is 0.112. The van der Waals surface area contributed by atoms with Crippen molar-refractivity contribution in [3.05, 3.63) is 29.1 Å². The highest BCUT2D eigenvalue weighted by atomic mass is 32.2. The van der Waals surface area contributed by atoms with Crippen LogP contribution < -0.4 is 0 Å². The summed E-state index contributed by atoms with van der Waals surface area (Å²) in [6.45, 7) is 0. The highest BCUT2D eigenvalue weighted by molar-refractivity contribution is 7.91. The molecule has 0 spiro atoms. The zero-order valence-corrected chi connectivity index (χ0v) is 8.68. The molecule has 0 saturated heterocycles. The van der Waals surface area contributed by atoms with Crippen LogP contribution in [0.5, 0.6) is 0 Å². The van der Waals surface area contributed by atoms with Crippen LogP contribution in [0.2, 0.25) is 0 Å². The van der Waals surface area contributed by atoms with E-state index in [0.29, 0.717) is 24.7 Å². The number of fused-ring (bicyclic) bond motifs is 1. The summed E-state index contributed by atoms with van der Waals surface area (Å²) in [6, 6.07) is 2.41. The Kier molecular flexibility index (Phi) is 2.34. The van der Waals surface area contributed by atoms with E-state index in [0.717, 1.165) is 6.07 Å². The molecule has 1 aliphatic heterocycles. The Morgan fingerprint density at radius 2 is 2.07 bits per heavy atom. The van der Waals surface area contributed by atoms with Gasteiger partial charge in [0.25, 0.3) is 0 Å². The number of hydrogen-bond donors (Lipinski definition) is 0. The van der Waals surface area contributed by atoms with Crippen LogP contribution in [0.15, 0.2) is 17.0 Å². The molecule has 0 saturated carbocycles. The van der Waals surface area contributed by atoms with Crippen LogP contribution in [0.4, 0.5) is 4.39 Å². The van der Waals surface area contributed by atoms with Crippen molar-refractivity contribution in [2.45, 2.75) is 17.7 Å². The van der Waals surface area contributed by atoms with Crippen molar-refractivity contribution >= 4 is 16.1 Å². The number of aryl methyl sites for hydroxylation is 1. The number of rotatable bonds is 1. The van der Waals surface area contributed by atoms with Crippen molar-refractivity contribution in [1.82, 2.24) is 0 Å². The van der Waals surface area contributed by atoms with E-state index in [-0.39, 0.29) is 16.2 Å². The van der Waals surface area contributed by atoms with Gasteiger partial charge in [-0.1, -0.05) is 0 Å². The third-order valence-corrected chi connectivity index (χ3v) is 4.35. The molecule has 0 atom stereocenters. The van der Waals surface area contributed by atoms with Crippen molar-refractivity contribution in [2.24, 2.45) is 0 Å². The van der Waals surface area contributed by atoms with Gasteiger partial charge in [0.2, 0.25) is 0 Å². The Labute approximate surface area is 86.8 Å². The molecule has 0 amide bonds. The molecule has 1 heterocycles. The normalized spacial score (nSPS) is 18.2. The van der Waals surface area contributed by atoms with Gasteiger partial charge in [-0.2, -0.15) is 0 Å². The van der Waals surface area contributed by atoms with Crippen LogP contribution >= 0.6 is 0 Å². The Hall–Kier alpha value is -1.23. The maximum atomic E-state index is 13.5. The maximum Gasteiger partial charge on any atom is 0.181 e. The zero-order valence-electron chi connectivity index (χ0n) is 7.86. The smallest absolute Gasteiger partial charge is 0.181 e. The van der Waals surface area contributed by atoms with Gasteiger partial charge in [0.1, 0.15) is 17.0 Å². The molecule has 80 valence electrons. The molecule has 1 aromatic rings. The summed E-state index contributed by atoms with van der Waals surface area (Å²) in [5, 5.41) is 0.